The molecule has 4 aromatic rings. The Balaban J connectivity index is 1.69. The number of hydrogen-bond donors (Lipinski definition) is 0. The Morgan fingerprint density at radius 3 is 2.83 bits per heavy atom. The number of benzene rings is 1. The van der Waals surface area contributed by atoms with Crippen molar-refractivity contribution in [3.05, 3.63) is 64.4 Å². The minimum Gasteiger partial charge on any atom is -0.469 e. The van der Waals surface area contributed by atoms with Gasteiger partial charge in [-0.1, -0.05) is 59.5 Å². The first-order chi connectivity index (χ1) is 14.2. The van der Waals surface area contributed by atoms with Crippen molar-refractivity contribution in [2.75, 3.05) is 6.61 Å². The lowest BCUT2D eigenvalue weighted by atomic mass is 10.2. The molecular formula is C20H18N4O2S3. The lowest BCUT2D eigenvalue weighted by Crippen LogP contribution is -2.22. The van der Waals surface area contributed by atoms with Crippen LogP contribution in [0.3, 0.4) is 0 Å². The molecule has 0 spiro atoms. The molecule has 4 rings (SSSR count). The van der Waals surface area contributed by atoms with E-state index in [-0.39, 0.29) is 5.56 Å². The molecule has 3 aromatic heterocycles. The third kappa shape index (κ3) is 4.26. The molecule has 148 valence electrons. The third-order valence-electron chi connectivity index (χ3n) is 4.03. The average molecular weight is 443 g/mol. The van der Waals surface area contributed by atoms with Gasteiger partial charge in [0, 0.05) is 11.4 Å². The first kappa shape index (κ1) is 19.8. The third-order valence-corrected chi connectivity index (χ3v) is 7.11. The van der Waals surface area contributed by atoms with E-state index < -0.39 is 0 Å². The summed E-state index contributed by atoms with van der Waals surface area (Å²) in [7, 11) is 0. The van der Waals surface area contributed by atoms with Crippen LogP contribution in [-0.2, 0) is 12.3 Å². The zero-order valence-electron chi connectivity index (χ0n) is 15.7. The smallest absolute Gasteiger partial charge is 0.294 e. The van der Waals surface area contributed by atoms with Gasteiger partial charge in [0.15, 0.2) is 5.16 Å². The lowest BCUT2D eigenvalue weighted by molar-refractivity contribution is 0.335. The fourth-order valence-electron chi connectivity index (χ4n) is 2.75. The van der Waals surface area contributed by atoms with Gasteiger partial charge in [-0.15, -0.1) is 28.1 Å². The minimum atomic E-state index is -0.0527. The number of hydrogen-bond acceptors (Lipinski definition) is 8. The number of rotatable bonds is 8. The highest BCUT2D eigenvalue weighted by Gasteiger charge is 2.16. The van der Waals surface area contributed by atoms with Gasteiger partial charge in [-0.2, -0.15) is 0 Å². The van der Waals surface area contributed by atoms with E-state index in [1.807, 2.05) is 43.3 Å². The van der Waals surface area contributed by atoms with Crippen molar-refractivity contribution in [3.8, 4) is 15.6 Å². The monoisotopic (exact) mass is 442 g/mol. The maximum Gasteiger partial charge on any atom is 0.294 e. The molecule has 1 aromatic carbocycles. The molecule has 9 heteroatoms. The molecule has 6 nitrogen and oxygen atoms in total. The van der Waals surface area contributed by atoms with Gasteiger partial charge >= 0.3 is 0 Å². The van der Waals surface area contributed by atoms with Crippen LogP contribution in [-0.4, -0.2) is 26.4 Å². The number of thiophene rings is 1. The topological polar surface area (TPSA) is 69.9 Å². The molecule has 0 aliphatic carbocycles. The van der Waals surface area contributed by atoms with Crippen molar-refractivity contribution in [3.63, 3.8) is 0 Å². The van der Waals surface area contributed by atoms with Gasteiger partial charge in [0.05, 0.1) is 17.7 Å². The predicted octanol–water partition coefficient (Wildman–Crippen LogP) is 4.85. The van der Waals surface area contributed by atoms with Gasteiger partial charge in [0.25, 0.3) is 10.8 Å². The Morgan fingerprint density at radius 1 is 1.24 bits per heavy atom. The summed E-state index contributed by atoms with van der Waals surface area (Å²) in [6.45, 7) is 6.65. The van der Waals surface area contributed by atoms with E-state index in [0.29, 0.717) is 34.6 Å². The van der Waals surface area contributed by atoms with Crippen molar-refractivity contribution in [2.24, 2.45) is 0 Å². The van der Waals surface area contributed by atoms with E-state index >= 15 is 0 Å². The van der Waals surface area contributed by atoms with Crippen molar-refractivity contribution in [1.29, 1.82) is 0 Å². The molecule has 0 N–H and O–H groups in total. The fourth-order valence-corrected chi connectivity index (χ4v) is 5.57. The molecule has 0 saturated carbocycles. The standard InChI is InChI=1S/C20H18N4O2S3/c1-3-10-24-18(25)14-11-15(13-8-6-5-7-9-13)28-17(14)21-19(24)27-12-16-22-23-20(29-16)26-4-2/h3,5-9,11H,1,4,10,12H2,2H3. The summed E-state index contributed by atoms with van der Waals surface area (Å²) in [6.07, 6.45) is 1.71. The molecule has 0 radical (unpaired) electrons. The zero-order chi connectivity index (χ0) is 20.2. The van der Waals surface area contributed by atoms with Crippen molar-refractivity contribution in [1.82, 2.24) is 19.7 Å². The van der Waals surface area contributed by atoms with Gasteiger partial charge in [-0.25, -0.2) is 4.98 Å². The van der Waals surface area contributed by atoms with Crippen LogP contribution >= 0.6 is 34.4 Å². The average Bonchev–Trinajstić information content (AvgIpc) is 3.37. The highest BCUT2D eigenvalue weighted by Crippen LogP contribution is 2.33. The molecule has 0 unspecified atom stereocenters. The SMILES string of the molecule is C=CCn1c(SCc2nnc(OCC)s2)nc2sc(-c3ccccc3)cc2c1=O. The molecule has 0 aliphatic rings. The largest absolute Gasteiger partial charge is 0.469 e. The molecule has 0 saturated heterocycles. The Bertz CT molecular complexity index is 1200. The summed E-state index contributed by atoms with van der Waals surface area (Å²) in [6, 6.07) is 12.0. The fraction of sp³-hybridized carbons (Fsp3) is 0.200. The number of fused-ring (bicyclic) bond motifs is 1. The molecule has 0 amide bonds. The van der Waals surface area contributed by atoms with Gasteiger partial charge < -0.3 is 4.74 Å². The molecule has 0 aliphatic heterocycles. The van der Waals surface area contributed by atoms with Crippen LogP contribution in [0.1, 0.15) is 11.9 Å². The summed E-state index contributed by atoms with van der Waals surface area (Å²) < 4.78 is 7.03. The van der Waals surface area contributed by atoms with E-state index in [2.05, 4.69) is 16.8 Å². The Kier molecular flexibility index (Phi) is 6.08. The highest BCUT2D eigenvalue weighted by atomic mass is 32.2. The van der Waals surface area contributed by atoms with Crippen LogP contribution < -0.4 is 10.3 Å². The van der Waals surface area contributed by atoms with Crippen molar-refractivity contribution in [2.45, 2.75) is 24.4 Å². The Morgan fingerprint density at radius 2 is 2.07 bits per heavy atom. The summed E-state index contributed by atoms with van der Waals surface area (Å²) in [4.78, 5) is 19.7. The minimum absolute atomic E-state index is 0.0527. The number of thioether (sulfide) groups is 1. The van der Waals surface area contributed by atoms with E-state index in [9.17, 15) is 4.79 Å². The number of ether oxygens (including phenoxy) is 1. The first-order valence-electron chi connectivity index (χ1n) is 8.98. The number of nitrogens with zero attached hydrogens (tertiary/aromatic N) is 4. The van der Waals surface area contributed by atoms with Crippen LogP contribution in [0, 0.1) is 0 Å². The van der Waals surface area contributed by atoms with E-state index in [1.165, 1.54) is 34.4 Å². The molecular weight excluding hydrogens is 424 g/mol. The molecule has 0 fully saturated rings. The quantitative estimate of drug-likeness (QED) is 0.221. The molecule has 3 heterocycles. The maximum atomic E-state index is 13.1. The Hall–Kier alpha value is -2.49. The van der Waals surface area contributed by atoms with Gasteiger partial charge in [-0.3, -0.25) is 9.36 Å². The summed E-state index contributed by atoms with van der Waals surface area (Å²) in [5.74, 6) is 0.566. The summed E-state index contributed by atoms with van der Waals surface area (Å²) in [5, 5.41) is 10.8. The van der Waals surface area contributed by atoms with E-state index in [1.54, 1.807) is 10.6 Å². The molecule has 0 bridgehead atoms. The molecule has 0 atom stereocenters. The molecule has 29 heavy (non-hydrogen) atoms. The maximum absolute atomic E-state index is 13.1. The zero-order valence-corrected chi connectivity index (χ0v) is 18.1. The van der Waals surface area contributed by atoms with Crippen LogP contribution in [0.2, 0.25) is 0 Å². The van der Waals surface area contributed by atoms with Gasteiger partial charge in [0.2, 0.25) is 0 Å². The van der Waals surface area contributed by atoms with Crippen LogP contribution in [0.15, 0.2) is 59.0 Å². The van der Waals surface area contributed by atoms with Gasteiger partial charge in [0.1, 0.15) is 9.84 Å². The second kappa shape index (κ2) is 8.89. The first-order valence-corrected chi connectivity index (χ1v) is 11.6. The Labute approximate surface area is 179 Å². The summed E-state index contributed by atoms with van der Waals surface area (Å²) in [5.41, 5.74) is 1.03. The number of aromatic nitrogens is 4. The summed E-state index contributed by atoms with van der Waals surface area (Å²) >= 11 is 4.40. The second-order valence-electron chi connectivity index (χ2n) is 5.98. The van der Waals surface area contributed by atoms with Crippen molar-refractivity contribution >= 4 is 44.7 Å². The van der Waals surface area contributed by atoms with Gasteiger partial charge in [-0.05, 0) is 18.6 Å². The van der Waals surface area contributed by atoms with Crippen LogP contribution in [0.25, 0.3) is 20.7 Å². The second-order valence-corrected chi connectivity index (χ2v) is 8.98. The van der Waals surface area contributed by atoms with E-state index in [4.69, 9.17) is 9.72 Å². The van der Waals surface area contributed by atoms with Crippen LogP contribution in [0.4, 0.5) is 0 Å². The van der Waals surface area contributed by atoms with Crippen molar-refractivity contribution < 1.29 is 4.74 Å². The lowest BCUT2D eigenvalue weighted by Gasteiger charge is -2.08. The number of allylic oxidation sites excluding steroid dienone is 1. The normalized spacial score (nSPS) is 11.1. The highest BCUT2D eigenvalue weighted by molar-refractivity contribution is 7.98. The van der Waals surface area contributed by atoms with E-state index in [0.717, 1.165) is 20.3 Å². The predicted molar refractivity (Wildman–Crippen MR) is 120 cm³/mol. The van der Waals surface area contributed by atoms with Crippen LogP contribution in [0.5, 0.6) is 5.19 Å².